The quantitative estimate of drug-likeness (QED) is 0.795. The Morgan fingerprint density at radius 1 is 1.25 bits per heavy atom. The Hall–Kier alpha value is -0.990. The van der Waals surface area contributed by atoms with E-state index in [1.807, 2.05) is 13.8 Å². The van der Waals surface area contributed by atoms with Crippen LogP contribution in [-0.4, -0.2) is 59.7 Å². The predicted octanol–water partition coefficient (Wildman–Crippen LogP) is 0.660. The smallest absolute Gasteiger partial charge is 0.229 e. The van der Waals surface area contributed by atoms with Crippen molar-refractivity contribution in [2.45, 2.75) is 33.2 Å². The number of hydrogen-bond acceptors (Lipinski definition) is 6. The largest absolute Gasteiger partial charge is 0.339 e. The van der Waals surface area contributed by atoms with E-state index in [2.05, 4.69) is 15.0 Å². The molecule has 1 fully saturated rings. The van der Waals surface area contributed by atoms with Crippen molar-refractivity contribution in [3.63, 3.8) is 0 Å². The number of rotatable bonds is 5. The maximum atomic E-state index is 11.8. The van der Waals surface area contributed by atoms with Crippen LogP contribution in [0.25, 0.3) is 0 Å². The first kappa shape index (κ1) is 15.4. The van der Waals surface area contributed by atoms with Crippen LogP contribution < -0.4 is 0 Å². The maximum Gasteiger partial charge on any atom is 0.229 e. The molecule has 0 atom stereocenters. The first-order chi connectivity index (χ1) is 9.42. The molecule has 0 spiro atoms. The van der Waals surface area contributed by atoms with E-state index in [-0.39, 0.29) is 11.7 Å². The average Bonchev–Trinajstić information content (AvgIpc) is 2.88. The standard InChI is InChI=1S/C12H22N4O3S/c1-4-20(17,18)16-7-5-15(6-8-16)9-11-13-12(10(2)3)19-14-11/h10H,4-9H2,1-3H3. The van der Waals surface area contributed by atoms with E-state index in [4.69, 9.17) is 4.52 Å². The summed E-state index contributed by atoms with van der Waals surface area (Å²) < 4.78 is 30.3. The highest BCUT2D eigenvalue weighted by Crippen LogP contribution is 2.13. The molecular formula is C12H22N4O3S. The third kappa shape index (κ3) is 3.56. The zero-order valence-electron chi connectivity index (χ0n) is 12.2. The summed E-state index contributed by atoms with van der Waals surface area (Å²) in [5.41, 5.74) is 0. The molecule has 1 aromatic heterocycles. The molecule has 0 aliphatic carbocycles. The van der Waals surface area contributed by atoms with Crippen LogP contribution in [0.2, 0.25) is 0 Å². The lowest BCUT2D eigenvalue weighted by molar-refractivity contribution is 0.176. The minimum absolute atomic E-state index is 0.162. The molecule has 0 amide bonds. The summed E-state index contributed by atoms with van der Waals surface area (Å²) >= 11 is 0. The molecule has 2 rings (SSSR count). The van der Waals surface area contributed by atoms with Crippen LogP contribution in [0.4, 0.5) is 0 Å². The first-order valence-electron chi connectivity index (χ1n) is 6.95. The molecule has 7 nitrogen and oxygen atoms in total. The average molecular weight is 302 g/mol. The lowest BCUT2D eigenvalue weighted by atomic mass is 10.2. The molecule has 1 saturated heterocycles. The molecule has 1 aliphatic rings. The molecule has 8 heteroatoms. The van der Waals surface area contributed by atoms with Gasteiger partial charge in [-0.15, -0.1) is 0 Å². The molecule has 114 valence electrons. The monoisotopic (exact) mass is 302 g/mol. The SMILES string of the molecule is CCS(=O)(=O)N1CCN(Cc2noc(C(C)C)n2)CC1. The molecule has 0 unspecified atom stereocenters. The van der Waals surface area contributed by atoms with Crippen LogP contribution >= 0.6 is 0 Å². The predicted molar refractivity (Wildman–Crippen MR) is 74.7 cm³/mol. The fourth-order valence-corrected chi connectivity index (χ4v) is 3.20. The summed E-state index contributed by atoms with van der Waals surface area (Å²) in [4.78, 5) is 6.49. The summed E-state index contributed by atoms with van der Waals surface area (Å²) in [6.45, 7) is 8.76. The number of piperazine rings is 1. The van der Waals surface area contributed by atoms with E-state index >= 15 is 0 Å². The number of hydrogen-bond donors (Lipinski definition) is 0. The van der Waals surface area contributed by atoms with E-state index in [1.54, 1.807) is 11.2 Å². The number of nitrogens with zero attached hydrogens (tertiary/aromatic N) is 4. The summed E-state index contributed by atoms with van der Waals surface area (Å²) in [7, 11) is -3.07. The molecule has 1 aromatic rings. The van der Waals surface area contributed by atoms with Crippen molar-refractivity contribution in [1.82, 2.24) is 19.3 Å². The van der Waals surface area contributed by atoms with Crippen molar-refractivity contribution in [3.8, 4) is 0 Å². The molecular weight excluding hydrogens is 280 g/mol. The van der Waals surface area contributed by atoms with Crippen LogP contribution in [0.15, 0.2) is 4.52 Å². The van der Waals surface area contributed by atoms with Gasteiger partial charge >= 0.3 is 0 Å². The topological polar surface area (TPSA) is 79.5 Å². The first-order valence-corrected chi connectivity index (χ1v) is 8.56. The summed E-state index contributed by atoms with van der Waals surface area (Å²) in [5, 5.41) is 3.96. The van der Waals surface area contributed by atoms with Gasteiger partial charge in [-0.3, -0.25) is 4.90 Å². The third-order valence-electron chi connectivity index (χ3n) is 3.43. The lowest BCUT2D eigenvalue weighted by Crippen LogP contribution is -2.48. The Bertz CT molecular complexity index is 533. The van der Waals surface area contributed by atoms with Gasteiger partial charge in [0.15, 0.2) is 5.82 Å². The van der Waals surface area contributed by atoms with Crippen molar-refractivity contribution in [2.75, 3.05) is 31.9 Å². The van der Waals surface area contributed by atoms with Crippen molar-refractivity contribution >= 4 is 10.0 Å². The second-order valence-corrected chi connectivity index (χ2v) is 7.54. The molecule has 20 heavy (non-hydrogen) atoms. The van der Waals surface area contributed by atoms with Crippen LogP contribution in [0.1, 0.15) is 38.4 Å². The van der Waals surface area contributed by atoms with E-state index < -0.39 is 10.0 Å². The molecule has 1 aliphatic heterocycles. The molecule has 0 aromatic carbocycles. The van der Waals surface area contributed by atoms with Gasteiger partial charge < -0.3 is 4.52 Å². The van der Waals surface area contributed by atoms with E-state index in [1.165, 1.54) is 0 Å². The Kier molecular flexibility index (Phi) is 4.77. The third-order valence-corrected chi connectivity index (χ3v) is 5.31. The van der Waals surface area contributed by atoms with E-state index in [9.17, 15) is 8.42 Å². The molecule has 0 bridgehead atoms. The zero-order chi connectivity index (χ0) is 14.8. The van der Waals surface area contributed by atoms with Crippen LogP contribution in [-0.2, 0) is 16.6 Å². The highest BCUT2D eigenvalue weighted by atomic mass is 32.2. The van der Waals surface area contributed by atoms with Gasteiger partial charge in [-0.2, -0.15) is 9.29 Å². The highest BCUT2D eigenvalue weighted by molar-refractivity contribution is 7.89. The van der Waals surface area contributed by atoms with E-state index in [0.29, 0.717) is 44.4 Å². The van der Waals surface area contributed by atoms with Crippen molar-refractivity contribution < 1.29 is 12.9 Å². The highest BCUT2D eigenvalue weighted by Gasteiger charge is 2.26. The minimum Gasteiger partial charge on any atom is -0.339 e. The van der Waals surface area contributed by atoms with E-state index in [0.717, 1.165) is 0 Å². The van der Waals surface area contributed by atoms with Crippen molar-refractivity contribution in [2.24, 2.45) is 0 Å². The number of aromatic nitrogens is 2. The van der Waals surface area contributed by atoms with Gasteiger partial charge in [0.1, 0.15) is 0 Å². The fraction of sp³-hybridized carbons (Fsp3) is 0.833. The van der Waals surface area contributed by atoms with Gasteiger partial charge in [0.2, 0.25) is 15.9 Å². The normalized spacial score (nSPS) is 18.8. The second-order valence-electron chi connectivity index (χ2n) is 5.28. The summed E-state index contributed by atoms with van der Waals surface area (Å²) in [6.07, 6.45) is 0. The Labute approximate surface area is 120 Å². The number of sulfonamides is 1. The fourth-order valence-electron chi connectivity index (χ4n) is 2.11. The van der Waals surface area contributed by atoms with Crippen LogP contribution in [0, 0.1) is 0 Å². The molecule has 0 N–H and O–H groups in total. The lowest BCUT2D eigenvalue weighted by Gasteiger charge is -2.32. The Morgan fingerprint density at radius 2 is 1.90 bits per heavy atom. The van der Waals surface area contributed by atoms with Crippen LogP contribution in [0.3, 0.4) is 0 Å². The second kappa shape index (κ2) is 6.19. The summed E-state index contributed by atoms with van der Waals surface area (Å²) in [6, 6.07) is 0. The molecule has 0 saturated carbocycles. The van der Waals surface area contributed by atoms with Crippen LogP contribution in [0.5, 0.6) is 0 Å². The van der Waals surface area contributed by atoms with Gasteiger partial charge in [0.05, 0.1) is 12.3 Å². The van der Waals surface area contributed by atoms with Gasteiger partial charge in [-0.05, 0) is 6.92 Å². The van der Waals surface area contributed by atoms with Crippen molar-refractivity contribution in [1.29, 1.82) is 0 Å². The Balaban J connectivity index is 1.88. The van der Waals surface area contributed by atoms with Gasteiger partial charge in [-0.1, -0.05) is 19.0 Å². The molecule has 2 heterocycles. The minimum atomic E-state index is -3.07. The molecule has 0 radical (unpaired) electrons. The zero-order valence-corrected chi connectivity index (χ0v) is 13.1. The Morgan fingerprint density at radius 3 is 2.40 bits per heavy atom. The van der Waals surface area contributed by atoms with Gasteiger partial charge in [-0.25, -0.2) is 8.42 Å². The van der Waals surface area contributed by atoms with Gasteiger partial charge in [0.25, 0.3) is 0 Å². The van der Waals surface area contributed by atoms with Gasteiger partial charge in [0, 0.05) is 32.1 Å². The van der Waals surface area contributed by atoms with Crippen molar-refractivity contribution in [3.05, 3.63) is 11.7 Å². The maximum absolute atomic E-state index is 11.8. The summed E-state index contributed by atoms with van der Waals surface area (Å²) in [5.74, 6) is 1.70.